The first-order chi connectivity index (χ1) is 13.2. The summed E-state index contributed by atoms with van der Waals surface area (Å²) in [5.41, 5.74) is 1.92. The minimum Gasteiger partial charge on any atom is -0.341 e. The summed E-state index contributed by atoms with van der Waals surface area (Å²) in [6.07, 6.45) is 2.15. The molecule has 1 atom stereocenters. The van der Waals surface area contributed by atoms with Crippen LogP contribution < -0.4 is 0 Å². The molecule has 138 valence electrons. The van der Waals surface area contributed by atoms with Gasteiger partial charge in [-0.2, -0.15) is 0 Å². The smallest absolute Gasteiger partial charge is 0.240 e. The number of hydrogen-bond donors (Lipinski definition) is 1. The molecule has 1 aliphatic rings. The van der Waals surface area contributed by atoms with Gasteiger partial charge in [0.25, 0.3) is 0 Å². The van der Waals surface area contributed by atoms with Crippen molar-refractivity contribution in [1.29, 1.82) is 0 Å². The number of benzene rings is 2. The molecule has 4 rings (SSSR count). The zero-order chi connectivity index (χ0) is 18.6. The van der Waals surface area contributed by atoms with E-state index in [1.54, 1.807) is 0 Å². The number of halogens is 1. The van der Waals surface area contributed by atoms with Gasteiger partial charge in [-0.05, 0) is 24.5 Å². The van der Waals surface area contributed by atoms with Crippen molar-refractivity contribution >= 4 is 33.6 Å². The fraction of sp³-hybridized carbons (Fsp3) is 0.250. The predicted octanol–water partition coefficient (Wildman–Crippen LogP) is 4.69. The monoisotopic (exact) mass is 442 g/mol. The number of aromatic amines is 1. The van der Waals surface area contributed by atoms with Crippen molar-refractivity contribution in [2.24, 2.45) is 0 Å². The lowest BCUT2D eigenvalue weighted by atomic mass is 10.1. The summed E-state index contributed by atoms with van der Waals surface area (Å²) in [6, 6.07) is 17.7. The molecule has 0 aliphatic carbocycles. The molecule has 0 saturated carbocycles. The van der Waals surface area contributed by atoms with Crippen molar-refractivity contribution < 1.29 is 4.79 Å². The highest BCUT2D eigenvalue weighted by Crippen LogP contribution is 2.36. The van der Waals surface area contributed by atoms with Gasteiger partial charge in [-0.15, -0.1) is 5.10 Å². The number of amides is 1. The van der Waals surface area contributed by atoms with Crippen molar-refractivity contribution in [3.8, 4) is 11.4 Å². The Morgan fingerprint density at radius 1 is 1.07 bits per heavy atom. The SMILES string of the molecule is O=C([C@@H](Sc1n[nH]c(-c2ccccc2Br)n1)c1ccccc1)N1CCCC1. The van der Waals surface area contributed by atoms with Crippen molar-refractivity contribution in [2.45, 2.75) is 23.2 Å². The summed E-state index contributed by atoms with van der Waals surface area (Å²) < 4.78 is 0.949. The molecular formula is C20H19BrN4OS. The van der Waals surface area contributed by atoms with E-state index in [-0.39, 0.29) is 11.2 Å². The van der Waals surface area contributed by atoms with E-state index in [2.05, 4.69) is 31.1 Å². The third kappa shape index (κ3) is 4.09. The Hall–Kier alpha value is -2.12. The van der Waals surface area contributed by atoms with Gasteiger partial charge in [-0.25, -0.2) is 4.98 Å². The van der Waals surface area contributed by atoms with Crippen LogP contribution in [0, 0.1) is 0 Å². The van der Waals surface area contributed by atoms with Gasteiger partial charge >= 0.3 is 0 Å². The summed E-state index contributed by atoms with van der Waals surface area (Å²) in [5.74, 6) is 0.821. The highest BCUT2D eigenvalue weighted by atomic mass is 79.9. The predicted molar refractivity (Wildman–Crippen MR) is 110 cm³/mol. The molecule has 1 N–H and O–H groups in total. The average Bonchev–Trinajstić information content (AvgIpc) is 3.39. The molecule has 2 aromatic carbocycles. The van der Waals surface area contributed by atoms with Gasteiger partial charge < -0.3 is 4.90 Å². The first-order valence-electron chi connectivity index (χ1n) is 8.90. The van der Waals surface area contributed by atoms with Crippen LogP contribution >= 0.6 is 27.7 Å². The van der Waals surface area contributed by atoms with E-state index in [1.807, 2.05) is 59.5 Å². The highest BCUT2D eigenvalue weighted by Gasteiger charge is 2.30. The van der Waals surface area contributed by atoms with Crippen molar-refractivity contribution in [3.05, 3.63) is 64.6 Å². The summed E-state index contributed by atoms with van der Waals surface area (Å²) in [5, 5.41) is 7.57. The van der Waals surface area contributed by atoms with Gasteiger partial charge in [-0.1, -0.05) is 76.2 Å². The van der Waals surface area contributed by atoms with Crippen LogP contribution in [0.5, 0.6) is 0 Å². The van der Waals surface area contributed by atoms with E-state index in [1.165, 1.54) is 11.8 Å². The Morgan fingerprint density at radius 3 is 2.52 bits per heavy atom. The van der Waals surface area contributed by atoms with Crippen LogP contribution in [0.25, 0.3) is 11.4 Å². The first kappa shape index (κ1) is 18.3. The lowest BCUT2D eigenvalue weighted by Crippen LogP contribution is -2.31. The number of carbonyl (C=O) groups excluding carboxylic acids is 1. The number of hydrogen-bond acceptors (Lipinski definition) is 4. The van der Waals surface area contributed by atoms with Crippen molar-refractivity contribution in [1.82, 2.24) is 20.1 Å². The Kier molecular flexibility index (Phi) is 5.59. The molecule has 0 bridgehead atoms. The molecular weight excluding hydrogens is 424 g/mol. The van der Waals surface area contributed by atoms with Gasteiger partial charge in [0.15, 0.2) is 5.82 Å². The summed E-state index contributed by atoms with van der Waals surface area (Å²) >= 11 is 4.94. The largest absolute Gasteiger partial charge is 0.341 e. The summed E-state index contributed by atoms with van der Waals surface area (Å²) in [6.45, 7) is 1.66. The van der Waals surface area contributed by atoms with Crippen LogP contribution in [0.1, 0.15) is 23.7 Å². The summed E-state index contributed by atoms with van der Waals surface area (Å²) in [7, 11) is 0. The molecule has 7 heteroatoms. The number of thioether (sulfide) groups is 1. The standard InChI is InChI=1S/C20H19BrN4OS/c21-16-11-5-4-10-15(16)18-22-20(24-23-18)27-17(14-8-2-1-3-9-14)19(26)25-12-6-7-13-25/h1-5,8-11,17H,6-7,12-13H2,(H,22,23,24)/t17-/m0/s1. The lowest BCUT2D eigenvalue weighted by molar-refractivity contribution is -0.129. The molecule has 0 spiro atoms. The Morgan fingerprint density at radius 2 is 1.78 bits per heavy atom. The molecule has 1 fully saturated rings. The van der Waals surface area contributed by atoms with Crippen molar-refractivity contribution in [2.75, 3.05) is 13.1 Å². The number of aromatic nitrogens is 3. The van der Waals surface area contributed by atoms with Crippen LogP contribution in [0.15, 0.2) is 64.2 Å². The quantitative estimate of drug-likeness (QED) is 0.582. The van der Waals surface area contributed by atoms with Gasteiger partial charge in [0.05, 0.1) is 0 Å². The zero-order valence-corrected chi connectivity index (χ0v) is 17.0. The van der Waals surface area contributed by atoms with Gasteiger partial charge in [0.2, 0.25) is 11.1 Å². The van der Waals surface area contributed by atoms with E-state index >= 15 is 0 Å². The molecule has 27 heavy (non-hydrogen) atoms. The van der Waals surface area contributed by atoms with E-state index in [4.69, 9.17) is 0 Å². The van der Waals surface area contributed by atoms with Gasteiger partial charge in [0.1, 0.15) is 5.25 Å². The third-order valence-electron chi connectivity index (χ3n) is 4.56. The Labute approximate surface area is 170 Å². The number of rotatable bonds is 5. The van der Waals surface area contributed by atoms with Crippen LogP contribution in [-0.4, -0.2) is 39.1 Å². The molecule has 5 nitrogen and oxygen atoms in total. The molecule has 0 radical (unpaired) electrons. The molecule has 1 aromatic heterocycles. The van der Waals surface area contributed by atoms with Gasteiger partial charge in [0, 0.05) is 23.1 Å². The maximum absolute atomic E-state index is 13.1. The molecule has 3 aromatic rings. The maximum Gasteiger partial charge on any atom is 0.240 e. The molecule has 1 amide bonds. The second-order valence-corrected chi connectivity index (χ2v) is 8.31. The second kappa shape index (κ2) is 8.27. The van der Waals surface area contributed by atoms with E-state index in [0.29, 0.717) is 11.0 Å². The number of H-pyrrole nitrogens is 1. The molecule has 1 aliphatic heterocycles. The van der Waals surface area contributed by atoms with Gasteiger partial charge in [-0.3, -0.25) is 9.89 Å². The lowest BCUT2D eigenvalue weighted by Gasteiger charge is -2.22. The Bertz CT molecular complexity index is 924. The number of nitrogens with zero attached hydrogens (tertiary/aromatic N) is 3. The van der Waals surface area contributed by atoms with Crippen molar-refractivity contribution in [3.63, 3.8) is 0 Å². The third-order valence-corrected chi connectivity index (χ3v) is 6.36. The van der Waals surface area contributed by atoms with Crippen LogP contribution in [0.3, 0.4) is 0 Å². The normalized spacial score (nSPS) is 15.1. The fourth-order valence-corrected chi connectivity index (χ4v) is 4.64. The van der Waals surface area contributed by atoms with E-state index in [9.17, 15) is 4.79 Å². The first-order valence-corrected chi connectivity index (χ1v) is 10.6. The maximum atomic E-state index is 13.1. The van der Waals surface area contributed by atoms with Crippen LogP contribution in [-0.2, 0) is 4.79 Å². The molecule has 1 saturated heterocycles. The summed E-state index contributed by atoms with van der Waals surface area (Å²) in [4.78, 5) is 19.7. The fourth-order valence-electron chi connectivity index (χ4n) is 3.17. The zero-order valence-electron chi connectivity index (χ0n) is 14.6. The average molecular weight is 443 g/mol. The number of carbonyl (C=O) groups is 1. The van der Waals surface area contributed by atoms with Crippen LogP contribution in [0.4, 0.5) is 0 Å². The van der Waals surface area contributed by atoms with E-state index < -0.39 is 0 Å². The minimum absolute atomic E-state index is 0.135. The molecule has 2 heterocycles. The number of likely N-dealkylation sites (tertiary alicyclic amines) is 1. The Balaban J connectivity index is 1.60. The molecule has 0 unspecified atom stereocenters. The minimum atomic E-state index is -0.341. The van der Waals surface area contributed by atoms with E-state index in [0.717, 1.165) is 41.5 Å². The topological polar surface area (TPSA) is 61.9 Å². The second-order valence-electron chi connectivity index (χ2n) is 6.39. The van der Waals surface area contributed by atoms with Crippen LogP contribution in [0.2, 0.25) is 0 Å². The highest BCUT2D eigenvalue weighted by molar-refractivity contribution is 9.10. The number of nitrogens with one attached hydrogen (secondary N) is 1.